The molecule has 0 saturated carbocycles. The molecule has 0 spiro atoms. The highest BCUT2D eigenvalue weighted by Crippen LogP contribution is 2.39. The van der Waals surface area contributed by atoms with Crippen LogP contribution in [-0.2, 0) is 4.57 Å². The molecule has 0 unspecified atom stereocenters. The van der Waals surface area contributed by atoms with E-state index >= 15 is 0 Å². The Labute approximate surface area is 91.8 Å². The van der Waals surface area contributed by atoms with Crippen LogP contribution in [-0.4, -0.2) is 9.79 Å². The molecule has 4 heteroatoms. The Bertz CT molecular complexity index is 694. The summed E-state index contributed by atoms with van der Waals surface area (Å²) in [5, 5.41) is 3.56. The van der Waals surface area contributed by atoms with Crippen LogP contribution < -0.4 is 5.30 Å². The molecule has 80 valence electrons. The van der Waals surface area contributed by atoms with Crippen molar-refractivity contribution in [1.29, 1.82) is 0 Å². The maximum Gasteiger partial charge on any atom is 0.356 e. The van der Waals surface area contributed by atoms with Crippen LogP contribution in [0.1, 0.15) is 0 Å². The van der Waals surface area contributed by atoms with Crippen molar-refractivity contribution in [2.45, 2.75) is 0 Å². The summed E-state index contributed by atoms with van der Waals surface area (Å²) in [4.78, 5) is 18.6. The van der Waals surface area contributed by atoms with Gasteiger partial charge in [0, 0.05) is 5.39 Å². The van der Waals surface area contributed by atoms with Crippen molar-refractivity contribution in [1.82, 2.24) is 0 Å². The van der Waals surface area contributed by atoms with Crippen LogP contribution in [0.5, 0.6) is 0 Å². The molecule has 0 heterocycles. The summed E-state index contributed by atoms with van der Waals surface area (Å²) in [6, 6.07) is 12.8. The lowest BCUT2D eigenvalue weighted by molar-refractivity contribution is 0.388. The molecule has 0 radical (unpaired) electrons. The topological polar surface area (TPSA) is 57.5 Å². The molecule has 4 aromatic carbocycles. The van der Waals surface area contributed by atoms with E-state index in [-0.39, 0.29) is 5.30 Å². The molecule has 0 aromatic heterocycles. The predicted octanol–water partition coefficient (Wildman–Crippen LogP) is 2.23. The summed E-state index contributed by atoms with van der Waals surface area (Å²) in [6.07, 6.45) is 0. The molecule has 2 N–H and O–H groups in total. The molecular weight excluding hydrogens is 223 g/mol. The first-order valence-electron chi connectivity index (χ1n) is 4.87. The van der Waals surface area contributed by atoms with E-state index in [0.29, 0.717) is 5.39 Å². The Balaban J connectivity index is 2.59. The van der Waals surface area contributed by atoms with Crippen molar-refractivity contribution in [3.8, 4) is 0 Å². The summed E-state index contributed by atoms with van der Waals surface area (Å²) >= 11 is 0. The normalized spacial score (nSPS) is 12.6. The van der Waals surface area contributed by atoms with E-state index in [2.05, 4.69) is 0 Å². The Morgan fingerprint density at radius 2 is 1.50 bits per heavy atom. The molecule has 0 amide bonds. The van der Waals surface area contributed by atoms with Gasteiger partial charge in [-0.05, 0) is 22.2 Å². The maximum atomic E-state index is 11.4. The highest BCUT2D eigenvalue weighted by Gasteiger charge is 2.21. The van der Waals surface area contributed by atoms with Gasteiger partial charge in [-0.25, -0.2) is 0 Å². The quantitative estimate of drug-likeness (QED) is 0.632. The minimum atomic E-state index is -4.21. The molecule has 16 heavy (non-hydrogen) atoms. The molecule has 4 rings (SSSR count). The number of hydrogen-bond donors (Lipinski definition) is 2. The second-order valence-electron chi connectivity index (χ2n) is 3.82. The van der Waals surface area contributed by atoms with Crippen molar-refractivity contribution in [2.75, 3.05) is 0 Å². The molecule has 4 aromatic rings. The van der Waals surface area contributed by atoms with Gasteiger partial charge in [0.2, 0.25) is 0 Å². The minimum absolute atomic E-state index is 0.117. The smallest absolute Gasteiger partial charge is 0.321 e. The van der Waals surface area contributed by atoms with Crippen molar-refractivity contribution in [2.24, 2.45) is 0 Å². The van der Waals surface area contributed by atoms with Crippen LogP contribution in [0.25, 0.3) is 21.5 Å². The third-order valence-electron chi connectivity index (χ3n) is 2.84. The third kappa shape index (κ3) is 1.26. The Hall–Kier alpha value is -1.41. The Kier molecular flexibility index (Phi) is 1.86. The van der Waals surface area contributed by atoms with Crippen molar-refractivity contribution >= 4 is 34.4 Å². The Morgan fingerprint density at radius 1 is 0.875 bits per heavy atom. The monoisotopic (exact) mass is 232 g/mol. The van der Waals surface area contributed by atoms with Crippen molar-refractivity contribution in [3.63, 3.8) is 0 Å². The van der Waals surface area contributed by atoms with E-state index < -0.39 is 7.60 Å². The zero-order valence-electron chi connectivity index (χ0n) is 8.29. The van der Waals surface area contributed by atoms with E-state index in [4.69, 9.17) is 0 Å². The zero-order chi connectivity index (χ0) is 11.3. The van der Waals surface area contributed by atoms with Crippen molar-refractivity contribution < 1.29 is 14.4 Å². The fourth-order valence-electron chi connectivity index (χ4n) is 2.14. The van der Waals surface area contributed by atoms with Gasteiger partial charge < -0.3 is 9.79 Å². The van der Waals surface area contributed by atoms with E-state index in [1.54, 1.807) is 6.07 Å². The van der Waals surface area contributed by atoms with Gasteiger partial charge in [0.1, 0.15) is 0 Å². The summed E-state index contributed by atoms with van der Waals surface area (Å²) < 4.78 is 11.4. The fourth-order valence-corrected chi connectivity index (χ4v) is 2.96. The standard InChI is InChI=1S/C12H9O3P/c13-16(14,15)11-3-1-2-10-8-4-6-9(7-5-8)12(10)11/h1-7H,(H2,13,14,15). The highest BCUT2D eigenvalue weighted by molar-refractivity contribution is 7.60. The van der Waals surface area contributed by atoms with Crippen LogP contribution in [0.4, 0.5) is 0 Å². The molecule has 0 aliphatic heterocycles. The van der Waals surface area contributed by atoms with Gasteiger partial charge in [-0.3, -0.25) is 4.57 Å². The lowest BCUT2D eigenvalue weighted by Crippen LogP contribution is -2.05. The first-order chi connectivity index (χ1) is 7.57. The van der Waals surface area contributed by atoms with Gasteiger partial charge in [-0.15, -0.1) is 0 Å². The average Bonchev–Trinajstić information content (AvgIpc) is 2.29. The molecule has 0 fully saturated rings. The number of hydrogen-bond acceptors (Lipinski definition) is 1. The average molecular weight is 232 g/mol. The van der Waals surface area contributed by atoms with Gasteiger partial charge in [-0.1, -0.05) is 36.4 Å². The first-order valence-corrected chi connectivity index (χ1v) is 6.48. The van der Waals surface area contributed by atoms with Gasteiger partial charge in [0.05, 0.1) is 5.30 Å². The highest BCUT2D eigenvalue weighted by atomic mass is 31.2. The van der Waals surface area contributed by atoms with E-state index in [0.717, 1.165) is 16.2 Å². The summed E-state index contributed by atoms with van der Waals surface area (Å²) in [7, 11) is -4.21. The van der Waals surface area contributed by atoms with Crippen LogP contribution in [0.2, 0.25) is 0 Å². The van der Waals surface area contributed by atoms with Crippen molar-refractivity contribution in [3.05, 3.63) is 42.5 Å². The number of fused-ring (bicyclic) bond motifs is 2. The molecule has 3 nitrogen and oxygen atoms in total. The summed E-state index contributed by atoms with van der Waals surface area (Å²) in [6.45, 7) is 0. The number of benzene rings is 4. The second kappa shape index (κ2) is 3.05. The predicted molar refractivity (Wildman–Crippen MR) is 64.3 cm³/mol. The zero-order valence-corrected chi connectivity index (χ0v) is 9.19. The summed E-state index contributed by atoms with van der Waals surface area (Å²) in [5.41, 5.74) is 0. The first kappa shape index (κ1) is 9.79. The van der Waals surface area contributed by atoms with E-state index in [1.165, 1.54) is 6.07 Å². The van der Waals surface area contributed by atoms with E-state index in [9.17, 15) is 14.4 Å². The molecular formula is C12H9O3P. The largest absolute Gasteiger partial charge is 0.356 e. The van der Waals surface area contributed by atoms with Gasteiger partial charge >= 0.3 is 7.60 Å². The maximum absolute atomic E-state index is 11.4. The Morgan fingerprint density at radius 3 is 2.12 bits per heavy atom. The molecule has 2 bridgehead atoms. The second-order valence-corrected chi connectivity index (χ2v) is 5.39. The van der Waals surface area contributed by atoms with Crippen LogP contribution in [0.3, 0.4) is 0 Å². The molecule has 0 aliphatic carbocycles. The molecule has 0 atom stereocenters. The van der Waals surface area contributed by atoms with Gasteiger partial charge in [0.25, 0.3) is 0 Å². The lowest BCUT2D eigenvalue weighted by atomic mass is 10.00. The fraction of sp³-hybridized carbons (Fsp3) is 0. The van der Waals surface area contributed by atoms with Crippen LogP contribution >= 0.6 is 7.60 Å². The number of rotatable bonds is 1. The van der Waals surface area contributed by atoms with E-state index in [1.807, 2.05) is 30.3 Å². The van der Waals surface area contributed by atoms with Crippen LogP contribution in [0, 0.1) is 0 Å². The molecule has 0 aliphatic rings. The van der Waals surface area contributed by atoms with Gasteiger partial charge in [-0.2, -0.15) is 0 Å². The lowest BCUT2D eigenvalue weighted by Gasteiger charge is -2.12. The minimum Gasteiger partial charge on any atom is -0.321 e. The van der Waals surface area contributed by atoms with Crippen LogP contribution in [0.15, 0.2) is 42.5 Å². The van der Waals surface area contributed by atoms with Gasteiger partial charge in [0.15, 0.2) is 0 Å². The molecule has 0 saturated heterocycles. The SMILES string of the molecule is O=P(O)(O)c1cccc2c3ccc(cc3)c12. The summed E-state index contributed by atoms with van der Waals surface area (Å²) in [5.74, 6) is 0. The third-order valence-corrected chi connectivity index (χ3v) is 3.84.